The number of carbonyl (C=O) groups is 1. The van der Waals surface area contributed by atoms with Gasteiger partial charge in [-0.2, -0.15) is 0 Å². The number of aromatic nitrogens is 2. The first-order chi connectivity index (χ1) is 9.40. The molecule has 0 spiro atoms. The summed E-state index contributed by atoms with van der Waals surface area (Å²) in [6.07, 6.45) is 1.42. The Bertz CT molecular complexity index is 575. The van der Waals surface area contributed by atoms with E-state index in [1.807, 2.05) is 0 Å². The van der Waals surface area contributed by atoms with Crippen LogP contribution in [0.3, 0.4) is 0 Å². The minimum absolute atomic E-state index is 0. The Balaban J connectivity index is 0.00000220. The van der Waals surface area contributed by atoms with E-state index < -0.39 is 10.0 Å². The second kappa shape index (κ2) is 7.21. The number of hydrogen-bond acceptors (Lipinski definition) is 5. The maximum Gasteiger partial charge on any atom is 0.260 e. The number of nitrogens with zero attached hydrogens (tertiary/aromatic N) is 3. The van der Waals surface area contributed by atoms with E-state index in [1.165, 1.54) is 6.20 Å². The van der Waals surface area contributed by atoms with Crippen molar-refractivity contribution < 1.29 is 13.2 Å². The second-order valence-corrected chi connectivity index (χ2v) is 6.41. The molecule has 0 aromatic carbocycles. The lowest BCUT2D eigenvalue weighted by molar-refractivity contribution is -0.130. The summed E-state index contributed by atoms with van der Waals surface area (Å²) >= 11 is 0. The summed E-state index contributed by atoms with van der Waals surface area (Å²) in [5, 5.41) is 3.07. The van der Waals surface area contributed by atoms with Gasteiger partial charge in [-0.1, -0.05) is 0 Å². The Morgan fingerprint density at radius 1 is 1.43 bits per heavy atom. The van der Waals surface area contributed by atoms with E-state index in [2.05, 4.69) is 15.0 Å². The van der Waals surface area contributed by atoms with Crippen molar-refractivity contribution in [3.8, 4) is 0 Å². The SMILES string of the molecule is Cc1nc(S(=O)(=O)NCC(=O)N2CCNCC2)cn1C.Cl. The van der Waals surface area contributed by atoms with Gasteiger partial charge in [0.1, 0.15) is 5.82 Å². The molecular formula is C11H20ClN5O3S. The summed E-state index contributed by atoms with van der Waals surface area (Å²) in [6.45, 7) is 4.14. The van der Waals surface area contributed by atoms with Crippen LogP contribution in [0.15, 0.2) is 11.2 Å². The van der Waals surface area contributed by atoms with Crippen LogP contribution in [-0.4, -0.2) is 61.5 Å². The standard InChI is InChI=1S/C11H19N5O3S.ClH/c1-9-14-10(8-15(9)2)20(18,19)13-7-11(17)16-5-3-12-4-6-16;/h8,12-13H,3-7H2,1-2H3;1H. The topological polar surface area (TPSA) is 96.3 Å². The van der Waals surface area contributed by atoms with E-state index >= 15 is 0 Å². The number of sulfonamides is 1. The number of hydrogen-bond donors (Lipinski definition) is 2. The van der Waals surface area contributed by atoms with Crippen molar-refractivity contribution in [1.82, 2.24) is 24.5 Å². The summed E-state index contributed by atoms with van der Waals surface area (Å²) in [7, 11) is -2.03. The van der Waals surface area contributed by atoms with Crippen LogP contribution in [0.5, 0.6) is 0 Å². The molecule has 120 valence electrons. The van der Waals surface area contributed by atoms with Crippen LogP contribution >= 0.6 is 12.4 Å². The van der Waals surface area contributed by atoms with Gasteiger partial charge in [0.15, 0.2) is 5.03 Å². The van der Waals surface area contributed by atoms with Gasteiger partial charge < -0.3 is 14.8 Å². The Morgan fingerprint density at radius 3 is 2.57 bits per heavy atom. The fourth-order valence-electron chi connectivity index (χ4n) is 1.91. The molecular weight excluding hydrogens is 318 g/mol. The highest BCUT2D eigenvalue weighted by atomic mass is 35.5. The first kappa shape index (κ1) is 17.9. The van der Waals surface area contributed by atoms with Crippen LogP contribution in [0, 0.1) is 6.92 Å². The predicted octanol–water partition coefficient (Wildman–Crippen LogP) is -1.14. The number of aryl methyl sites for hydroxylation is 2. The first-order valence-electron chi connectivity index (χ1n) is 6.38. The third-order valence-corrected chi connectivity index (χ3v) is 4.52. The summed E-state index contributed by atoms with van der Waals surface area (Å²) in [6, 6.07) is 0. The fourth-order valence-corrected chi connectivity index (χ4v) is 2.92. The molecule has 2 N–H and O–H groups in total. The van der Waals surface area contributed by atoms with E-state index in [9.17, 15) is 13.2 Å². The quantitative estimate of drug-likeness (QED) is 0.724. The molecule has 1 amide bonds. The Morgan fingerprint density at radius 2 is 2.05 bits per heavy atom. The second-order valence-electron chi connectivity index (χ2n) is 4.69. The lowest BCUT2D eigenvalue weighted by atomic mass is 10.3. The zero-order valence-electron chi connectivity index (χ0n) is 12.0. The number of amides is 1. The van der Waals surface area contributed by atoms with Crippen molar-refractivity contribution in [2.24, 2.45) is 7.05 Å². The highest BCUT2D eigenvalue weighted by Gasteiger charge is 2.22. The van der Waals surface area contributed by atoms with Crippen LogP contribution in [0.2, 0.25) is 0 Å². The van der Waals surface area contributed by atoms with E-state index in [0.717, 1.165) is 13.1 Å². The minimum atomic E-state index is -3.74. The minimum Gasteiger partial charge on any atom is -0.339 e. The van der Waals surface area contributed by atoms with Crippen LogP contribution in [0.25, 0.3) is 0 Å². The number of carbonyl (C=O) groups excluding carboxylic acids is 1. The van der Waals surface area contributed by atoms with Gasteiger partial charge in [-0.15, -0.1) is 12.4 Å². The molecule has 1 aliphatic rings. The monoisotopic (exact) mass is 337 g/mol. The zero-order chi connectivity index (χ0) is 14.8. The molecule has 0 unspecified atom stereocenters. The van der Waals surface area contributed by atoms with Gasteiger partial charge in [-0.05, 0) is 6.92 Å². The first-order valence-corrected chi connectivity index (χ1v) is 7.86. The molecule has 21 heavy (non-hydrogen) atoms. The summed E-state index contributed by atoms with van der Waals surface area (Å²) in [5.74, 6) is 0.376. The van der Waals surface area contributed by atoms with E-state index in [1.54, 1.807) is 23.4 Å². The third kappa shape index (κ3) is 4.40. The van der Waals surface area contributed by atoms with E-state index in [4.69, 9.17) is 0 Å². The van der Waals surface area contributed by atoms with Crippen molar-refractivity contribution in [3.05, 3.63) is 12.0 Å². The molecule has 2 heterocycles. The molecule has 0 aliphatic carbocycles. The molecule has 1 saturated heterocycles. The van der Waals surface area contributed by atoms with Crippen molar-refractivity contribution in [2.75, 3.05) is 32.7 Å². The van der Waals surface area contributed by atoms with Crippen molar-refractivity contribution in [3.63, 3.8) is 0 Å². The van der Waals surface area contributed by atoms with Gasteiger partial charge in [0.2, 0.25) is 5.91 Å². The third-order valence-electron chi connectivity index (χ3n) is 3.24. The molecule has 1 aromatic heterocycles. The average Bonchev–Trinajstić information content (AvgIpc) is 2.78. The van der Waals surface area contributed by atoms with Crippen molar-refractivity contribution >= 4 is 28.3 Å². The Kier molecular flexibility index (Phi) is 6.14. The van der Waals surface area contributed by atoms with Crippen molar-refractivity contribution in [1.29, 1.82) is 0 Å². The van der Waals surface area contributed by atoms with Gasteiger partial charge >= 0.3 is 0 Å². The van der Waals surface area contributed by atoms with Gasteiger partial charge in [-0.3, -0.25) is 4.79 Å². The highest BCUT2D eigenvalue weighted by Crippen LogP contribution is 2.07. The average molecular weight is 338 g/mol. The molecule has 0 bridgehead atoms. The number of halogens is 1. The molecule has 10 heteroatoms. The smallest absolute Gasteiger partial charge is 0.260 e. The molecule has 0 radical (unpaired) electrons. The molecule has 1 fully saturated rings. The van der Waals surface area contributed by atoms with Crippen LogP contribution in [-0.2, 0) is 21.9 Å². The van der Waals surface area contributed by atoms with Gasteiger partial charge in [0, 0.05) is 39.4 Å². The van der Waals surface area contributed by atoms with Crippen LogP contribution in [0.1, 0.15) is 5.82 Å². The van der Waals surface area contributed by atoms with Crippen LogP contribution in [0.4, 0.5) is 0 Å². The van der Waals surface area contributed by atoms with Crippen LogP contribution < -0.4 is 10.0 Å². The number of rotatable bonds is 4. The van der Waals surface area contributed by atoms with Gasteiger partial charge in [0.25, 0.3) is 10.0 Å². The number of nitrogens with one attached hydrogen (secondary N) is 2. The molecule has 8 nitrogen and oxygen atoms in total. The lowest BCUT2D eigenvalue weighted by Gasteiger charge is -2.27. The van der Waals surface area contributed by atoms with E-state index in [0.29, 0.717) is 18.9 Å². The van der Waals surface area contributed by atoms with E-state index in [-0.39, 0.29) is 29.9 Å². The maximum atomic E-state index is 12.0. The summed E-state index contributed by atoms with van der Waals surface area (Å²) in [4.78, 5) is 17.5. The largest absolute Gasteiger partial charge is 0.339 e. The lowest BCUT2D eigenvalue weighted by Crippen LogP contribution is -2.49. The zero-order valence-corrected chi connectivity index (χ0v) is 13.6. The summed E-state index contributed by atoms with van der Waals surface area (Å²) in [5.41, 5.74) is 0. The number of imidazole rings is 1. The predicted molar refractivity (Wildman–Crippen MR) is 79.8 cm³/mol. The Labute approximate surface area is 130 Å². The molecule has 1 aliphatic heterocycles. The molecule has 1 aromatic rings. The highest BCUT2D eigenvalue weighted by molar-refractivity contribution is 7.89. The Hall–Kier alpha value is -1.16. The van der Waals surface area contributed by atoms with Crippen molar-refractivity contribution in [2.45, 2.75) is 11.9 Å². The fraction of sp³-hybridized carbons (Fsp3) is 0.636. The maximum absolute atomic E-state index is 12.0. The normalized spacial score (nSPS) is 15.6. The van der Waals surface area contributed by atoms with Gasteiger partial charge in [0.05, 0.1) is 6.54 Å². The van der Waals surface area contributed by atoms with Gasteiger partial charge in [-0.25, -0.2) is 18.1 Å². The molecule has 0 saturated carbocycles. The molecule has 2 rings (SSSR count). The summed E-state index contributed by atoms with van der Waals surface area (Å²) < 4.78 is 27.9. The number of piperazine rings is 1. The molecule has 0 atom stereocenters.